The van der Waals surface area contributed by atoms with Crippen molar-refractivity contribution in [1.29, 1.82) is 0 Å². The second kappa shape index (κ2) is 14.0. The molecule has 0 aliphatic carbocycles. The first-order chi connectivity index (χ1) is 20.5. The molecule has 42 heavy (non-hydrogen) atoms. The Morgan fingerprint density at radius 3 is 2.02 bits per heavy atom. The first kappa shape index (κ1) is 29.1. The molecule has 1 fully saturated rings. The number of carbonyl (C=O) groups is 2. The van der Waals surface area contributed by atoms with Crippen molar-refractivity contribution in [2.75, 3.05) is 38.1 Å². The predicted octanol–water partition coefficient (Wildman–Crippen LogP) is 6.91. The van der Waals surface area contributed by atoms with Crippen molar-refractivity contribution in [1.82, 2.24) is 9.80 Å². The Bertz CT molecular complexity index is 1430. The van der Waals surface area contributed by atoms with Gasteiger partial charge in [-0.3, -0.25) is 14.5 Å². The zero-order chi connectivity index (χ0) is 29.3. The topological polar surface area (TPSA) is 61.9 Å². The van der Waals surface area contributed by atoms with Crippen molar-refractivity contribution in [2.24, 2.45) is 5.92 Å². The fourth-order valence-electron chi connectivity index (χ4n) is 5.35. The Morgan fingerprint density at radius 2 is 1.38 bits per heavy atom. The average Bonchev–Trinajstić information content (AvgIpc) is 3.02. The highest BCUT2D eigenvalue weighted by molar-refractivity contribution is 6.09. The highest BCUT2D eigenvalue weighted by atomic mass is 16.5. The van der Waals surface area contributed by atoms with Crippen LogP contribution in [0.5, 0.6) is 5.75 Å². The van der Waals surface area contributed by atoms with E-state index >= 15 is 0 Å². The summed E-state index contributed by atoms with van der Waals surface area (Å²) >= 11 is 0. The molecule has 0 atom stereocenters. The second-order valence-electron chi connectivity index (χ2n) is 11.1. The van der Waals surface area contributed by atoms with E-state index in [4.69, 9.17) is 4.74 Å². The molecule has 1 saturated heterocycles. The summed E-state index contributed by atoms with van der Waals surface area (Å²) < 4.78 is 5.84. The lowest BCUT2D eigenvalue weighted by atomic mass is 9.96. The van der Waals surface area contributed by atoms with Crippen LogP contribution in [0.4, 0.5) is 5.69 Å². The van der Waals surface area contributed by atoms with Crippen LogP contribution < -0.4 is 10.1 Å². The van der Waals surface area contributed by atoms with Gasteiger partial charge < -0.3 is 15.0 Å². The van der Waals surface area contributed by atoms with Gasteiger partial charge in [0.15, 0.2) is 0 Å². The third-order valence-corrected chi connectivity index (χ3v) is 7.66. The lowest BCUT2D eigenvalue weighted by molar-refractivity contribution is 0.0598. The number of nitrogens with zero attached hydrogens (tertiary/aromatic N) is 2. The van der Waals surface area contributed by atoms with Gasteiger partial charge in [-0.25, -0.2) is 0 Å². The second-order valence-corrected chi connectivity index (χ2v) is 11.1. The largest absolute Gasteiger partial charge is 0.494 e. The minimum atomic E-state index is -0.275. The fraction of sp³-hybridized carbons (Fsp3) is 0.278. The SMILES string of the molecule is CC(C)CCOc1cccc(C(=O)Nc2ccccc2C(=O)N2CCN(C(c3ccccc3)c3ccccc3)CC2)c1. The van der Waals surface area contributed by atoms with Gasteiger partial charge in [0.2, 0.25) is 0 Å². The summed E-state index contributed by atoms with van der Waals surface area (Å²) in [6.07, 6.45) is 0.944. The summed E-state index contributed by atoms with van der Waals surface area (Å²) in [6.45, 7) is 7.61. The summed E-state index contributed by atoms with van der Waals surface area (Å²) in [7, 11) is 0. The molecule has 6 heteroatoms. The lowest BCUT2D eigenvalue weighted by Crippen LogP contribution is -2.50. The van der Waals surface area contributed by atoms with Crippen LogP contribution in [0.15, 0.2) is 109 Å². The quantitative estimate of drug-likeness (QED) is 0.229. The molecule has 1 aliphatic rings. The molecule has 6 nitrogen and oxygen atoms in total. The maximum absolute atomic E-state index is 13.7. The van der Waals surface area contributed by atoms with Gasteiger partial charge in [0.25, 0.3) is 11.8 Å². The molecule has 4 aromatic carbocycles. The molecular formula is C36H39N3O3. The molecule has 0 aromatic heterocycles. The minimum Gasteiger partial charge on any atom is -0.494 e. The number of benzene rings is 4. The molecular weight excluding hydrogens is 522 g/mol. The smallest absolute Gasteiger partial charge is 0.256 e. The van der Waals surface area contributed by atoms with Gasteiger partial charge in [0.05, 0.1) is 23.9 Å². The molecule has 1 heterocycles. The Balaban J connectivity index is 1.25. The van der Waals surface area contributed by atoms with Crippen molar-refractivity contribution in [3.8, 4) is 5.75 Å². The van der Waals surface area contributed by atoms with E-state index in [9.17, 15) is 9.59 Å². The molecule has 5 rings (SSSR count). The molecule has 0 radical (unpaired) electrons. The van der Waals surface area contributed by atoms with E-state index in [1.54, 1.807) is 24.3 Å². The Morgan fingerprint density at radius 1 is 0.762 bits per heavy atom. The van der Waals surface area contributed by atoms with E-state index in [1.165, 1.54) is 11.1 Å². The number of nitrogens with one attached hydrogen (secondary N) is 1. The number of rotatable bonds is 10. The number of ether oxygens (including phenoxy) is 1. The molecule has 2 amide bonds. The minimum absolute atomic E-state index is 0.0766. The van der Waals surface area contributed by atoms with Crippen LogP contribution in [-0.2, 0) is 0 Å². The van der Waals surface area contributed by atoms with Crippen LogP contribution in [0.2, 0.25) is 0 Å². The number of piperazine rings is 1. The van der Waals surface area contributed by atoms with Gasteiger partial charge >= 0.3 is 0 Å². The number of carbonyl (C=O) groups excluding carboxylic acids is 2. The van der Waals surface area contributed by atoms with Crippen LogP contribution in [-0.4, -0.2) is 54.4 Å². The van der Waals surface area contributed by atoms with Crippen LogP contribution in [0.3, 0.4) is 0 Å². The summed E-state index contributed by atoms with van der Waals surface area (Å²) in [4.78, 5) is 31.2. The van der Waals surface area contributed by atoms with Gasteiger partial charge in [-0.05, 0) is 53.8 Å². The number of para-hydroxylation sites is 1. The van der Waals surface area contributed by atoms with Crippen LogP contribution in [0, 0.1) is 5.92 Å². The summed E-state index contributed by atoms with van der Waals surface area (Å²) in [5, 5.41) is 2.97. The van der Waals surface area contributed by atoms with E-state index in [0.29, 0.717) is 48.2 Å². The maximum Gasteiger partial charge on any atom is 0.256 e. The molecule has 1 N–H and O–H groups in total. The Labute approximate surface area is 248 Å². The summed E-state index contributed by atoms with van der Waals surface area (Å²) in [6, 6.07) is 35.6. The van der Waals surface area contributed by atoms with Crippen LogP contribution in [0.25, 0.3) is 0 Å². The van der Waals surface area contributed by atoms with Crippen molar-refractivity contribution in [3.05, 3.63) is 131 Å². The maximum atomic E-state index is 13.7. The van der Waals surface area contributed by atoms with Crippen molar-refractivity contribution in [3.63, 3.8) is 0 Å². The Kier molecular flexibility index (Phi) is 9.67. The van der Waals surface area contributed by atoms with E-state index in [2.05, 4.69) is 72.6 Å². The highest BCUT2D eigenvalue weighted by Crippen LogP contribution is 2.30. The number of amides is 2. The molecule has 0 spiro atoms. The normalized spacial score (nSPS) is 13.8. The van der Waals surface area contributed by atoms with Crippen molar-refractivity contribution < 1.29 is 14.3 Å². The highest BCUT2D eigenvalue weighted by Gasteiger charge is 2.29. The van der Waals surface area contributed by atoms with Gasteiger partial charge in [-0.2, -0.15) is 0 Å². The molecule has 1 aliphatic heterocycles. The summed E-state index contributed by atoms with van der Waals surface area (Å²) in [5.41, 5.74) is 3.97. The number of hydrogen-bond acceptors (Lipinski definition) is 4. The molecule has 0 unspecified atom stereocenters. The monoisotopic (exact) mass is 561 g/mol. The molecule has 0 saturated carbocycles. The third kappa shape index (κ3) is 7.25. The lowest BCUT2D eigenvalue weighted by Gasteiger charge is -2.40. The number of anilines is 1. The van der Waals surface area contributed by atoms with Crippen molar-refractivity contribution >= 4 is 17.5 Å². The first-order valence-electron chi connectivity index (χ1n) is 14.8. The Hall–Kier alpha value is -4.42. The fourth-order valence-corrected chi connectivity index (χ4v) is 5.35. The molecule has 4 aromatic rings. The zero-order valence-electron chi connectivity index (χ0n) is 24.4. The van der Waals surface area contributed by atoms with Crippen LogP contribution in [0.1, 0.15) is 58.2 Å². The summed E-state index contributed by atoms with van der Waals surface area (Å²) in [5.74, 6) is 0.854. The third-order valence-electron chi connectivity index (χ3n) is 7.66. The molecule has 216 valence electrons. The average molecular weight is 562 g/mol. The van der Waals surface area contributed by atoms with Gasteiger partial charge in [-0.15, -0.1) is 0 Å². The number of hydrogen-bond donors (Lipinski definition) is 1. The van der Waals surface area contributed by atoms with E-state index < -0.39 is 0 Å². The van der Waals surface area contributed by atoms with E-state index in [0.717, 1.165) is 19.5 Å². The van der Waals surface area contributed by atoms with Crippen molar-refractivity contribution in [2.45, 2.75) is 26.3 Å². The van der Waals surface area contributed by atoms with E-state index in [-0.39, 0.29) is 17.9 Å². The van der Waals surface area contributed by atoms with Gasteiger partial charge in [0, 0.05) is 31.7 Å². The standard InChI is InChI=1S/C36H39N3O3/c1-27(2)20-25-42-31-17-11-16-30(26-31)35(40)37-33-19-10-9-18-32(33)36(41)39-23-21-38(22-24-39)34(28-12-5-3-6-13-28)29-14-7-4-8-15-29/h3-19,26-27,34H,20-25H2,1-2H3,(H,37,40). The van der Waals surface area contributed by atoms with Gasteiger partial charge in [0.1, 0.15) is 5.75 Å². The van der Waals surface area contributed by atoms with E-state index in [1.807, 2.05) is 41.3 Å². The zero-order valence-corrected chi connectivity index (χ0v) is 24.4. The first-order valence-corrected chi connectivity index (χ1v) is 14.8. The predicted molar refractivity (Wildman–Crippen MR) is 168 cm³/mol. The van der Waals surface area contributed by atoms with Gasteiger partial charge in [-0.1, -0.05) is 92.7 Å². The molecule has 0 bridgehead atoms. The van der Waals surface area contributed by atoms with Crippen LogP contribution >= 0.6 is 0 Å².